The number of carbonyl (C=O) groups excluding carboxylic acids is 2. The molecule has 3 rings (SSSR count). The van der Waals surface area contributed by atoms with Crippen LogP contribution in [0.4, 0.5) is 5.69 Å². The van der Waals surface area contributed by atoms with Gasteiger partial charge in [0.05, 0.1) is 17.4 Å². The van der Waals surface area contributed by atoms with E-state index < -0.39 is 15.8 Å². The molecule has 2 aliphatic heterocycles. The number of anilines is 1. The molecule has 136 valence electrons. The third kappa shape index (κ3) is 3.71. The lowest BCUT2D eigenvalue weighted by Gasteiger charge is -2.29. The van der Waals surface area contributed by atoms with Crippen molar-refractivity contribution in [2.24, 2.45) is 5.92 Å². The Balaban J connectivity index is 1.73. The summed E-state index contributed by atoms with van der Waals surface area (Å²) in [5.41, 5.74) is 1.87. The van der Waals surface area contributed by atoms with Crippen LogP contribution in [0.2, 0.25) is 0 Å². The van der Waals surface area contributed by atoms with Crippen LogP contribution < -0.4 is 4.90 Å². The molecule has 0 N–H and O–H groups in total. The van der Waals surface area contributed by atoms with Crippen LogP contribution in [0.5, 0.6) is 0 Å². The second-order valence-corrected chi connectivity index (χ2v) is 9.15. The highest BCUT2D eigenvalue weighted by atomic mass is 32.2. The van der Waals surface area contributed by atoms with Crippen LogP contribution in [0.1, 0.15) is 25.3 Å². The van der Waals surface area contributed by atoms with Crippen LogP contribution >= 0.6 is 0 Å². The van der Waals surface area contributed by atoms with E-state index in [4.69, 9.17) is 0 Å². The molecule has 0 aromatic heterocycles. The summed E-state index contributed by atoms with van der Waals surface area (Å²) in [6.45, 7) is 4.65. The van der Waals surface area contributed by atoms with E-state index in [2.05, 4.69) is 0 Å². The molecule has 0 saturated carbocycles. The molecule has 2 aliphatic rings. The van der Waals surface area contributed by atoms with Gasteiger partial charge in [0, 0.05) is 31.2 Å². The first-order valence-electron chi connectivity index (χ1n) is 8.68. The van der Waals surface area contributed by atoms with Crippen LogP contribution in [0.3, 0.4) is 0 Å². The van der Waals surface area contributed by atoms with Gasteiger partial charge in [-0.2, -0.15) is 0 Å². The van der Waals surface area contributed by atoms with Gasteiger partial charge >= 0.3 is 0 Å². The summed E-state index contributed by atoms with van der Waals surface area (Å²) < 4.78 is 23.5. The lowest BCUT2D eigenvalue weighted by Crippen LogP contribution is -2.44. The molecule has 0 aliphatic carbocycles. The number of hydrogen-bond acceptors (Lipinski definition) is 4. The predicted octanol–water partition coefficient (Wildman–Crippen LogP) is 1.38. The van der Waals surface area contributed by atoms with Crippen LogP contribution in [-0.4, -0.2) is 55.8 Å². The zero-order valence-electron chi connectivity index (χ0n) is 14.6. The molecule has 7 heteroatoms. The SMILES string of the molecule is CCN(C(=O)C1CC(=O)N(c2cccc(C)c2)C1)C1CCS(=O)(=O)C1. The largest absolute Gasteiger partial charge is 0.339 e. The number of benzene rings is 1. The fourth-order valence-corrected chi connectivity index (χ4v) is 5.50. The molecule has 25 heavy (non-hydrogen) atoms. The van der Waals surface area contributed by atoms with E-state index in [0.717, 1.165) is 11.3 Å². The van der Waals surface area contributed by atoms with Gasteiger partial charge in [0.25, 0.3) is 0 Å². The quantitative estimate of drug-likeness (QED) is 0.809. The van der Waals surface area contributed by atoms with Crippen LogP contribution in [0, 0.1) is 12.8 Å². The number of amides is 2. The smallest absolute Gasteiger partial charge is 0.228 e. The average molecular weight is 364 g/mol. The molecule has 2 atom stereocenters. The molecule has 1 aromatic carbocycles. The first-order chi connectivity index (χ1) is 11.8. The minimum Gasteiger partial charge on any atom is -0.339 e. The van der Waals surface area contributed by atoms with Crippen molar-refractivity contribution in [3.8, 4) is 0 Å². The summed E-state index contributed by atoms with van der Waals surface area (Å²) in [5, 5.41) is 0. The number of aryl methyl sites for hydroxylation is 1. The Morgan fingerprint density at radius 1 is 1.36 bits per heavy atom. The Morgan fingerprint density at radius 2 is 2.12 bits per heavy atom. The zero-order chi connectivity index (χ0) is 18.2. The highest BCUT2D eigenvalue weighted by molar-refractivity contribution is 7.91. The summed E-state index contributed by atoms with van der Waals surface area (Å²) in [5.74, 6) is -0.390. The van der Waals surface area contributed by atoms with Crippen molar-refractivity contribution in [1.29, 1.82) is 0 Å². The van der Waals surface area contributed by atoms with Crippen LogP contribution in [0.15, 0.2) is 24.3 Å². The standard InChI is InChI=1S/C18H24N2O4S/c1-3-19(16-7-8-25(23,24)12-16)18(22)14-10-17(21)20(11-14)15-6-4-5-13(2)9-15/h4-6,9,14,16H,3,7-8,10-12H2,1-2H3. The minimum atomic E-state index is -3.05. The second-order valence-electron chi connectivity index (χ2n) is 6.93. The maximum Gasteiger partial charge on any atom is 0.228 e. The van der Waals surface area contributed by atoms with Gasteiger partial charge in [-0.1, -0.05) is 12.1 Å². The van der Waals surface area contributed by atoms with Gasteiger partial charge in [-0.3, -0.25) is 9.59 Å². The second kappa shape index (κ2) is 6.78. The van der Waals surface area contributed by atoms with E-state index in [-0.39, 0.29) is 35.8 Å². The number of nitrogens with zero attached hydrogens (tertiary/aromatic N) is 2. The maximum absolute atomic E-state index is 12.9. The predicted molar refractivity (Wildman–Crippen MR) is 96.1 cm³/mol. The molecule has 0 spiro atoms. The summed E-state index contributed by atoms with van der Waals surface area (Å²) >= 11 is 0. The topological polar surface area (TPSA) is 74.8 Å². The van der Waals surface area contributed by atoms with Crippen molar-refractivity contribution in [3.63, 3.8) is 0 Å². The van der Waals surface area contributed by atoms with Crippen molar-refractivity contribution in [2.45, 2.75) is 32.7 Å². The number of carbonyl (C=O) groups is 2. The number of hydrogen-bond donors (Lipinski definition) is 0. The summed E-state index contributed by atoms with van der Waals surface area (Å²) in [6.07, 6.45) is 0.674. The lowest BCUT2D eigenvalue weighted by atomic mass is 10.1. The Kier molecular flexibility index (Phi) is 4.86. The highest BCUT2D eigenvalue weighted by Crippen LogP contribution is 2.28. The minimum absolute atomic E-state index is 0.0365. The molecular formula is C18H24N2O4S. The molecule has 2 amide bonds. The van der Waals surface area contributed by atoms with E-state index in [1.807, 2.05) is 38.1 Å². The van der Waals surface area contributed by atoms with E-state index in [0.29, 0.717) is 19.5 Å². The molecule has 2 fully saturated rings. The molecule has 6 nitrogen and oxygen atoms in total. The average Bonchev–Trinajstić information content (AvgIpc) is 3.11. The van der Waals surface area contributed by atoms with Crippen LogP contribution in [0.25, 0.3) is 0 Å². The highest BCUT2D eigenvalue weighted by Gasteiger charge is 2.41. The fourth-order valence-electron chi connectivity index (χ4n) is 3.77. The Hall–Kier alpha value is -1.89. The van der Waals surface area contributed by atoms with Gasteiger partial charge in [0.1, 0.15) is 0 Å². The van der Waals surface area contributed by atoms with E-state index in [1.54, 1.807) is 9.80 Å². The molecule has 0 radical (unpaired) electrons. The van der Waals surface area contributed by atoms with E-state index in [9.17, 15) is 18.0 Å². The van der Waals surface area contributed by atoms with Gasteiger partial charge in [0.15, 0.2) is 9.84 Å². The molecule has 2 unspecified atom stereocenters. The Bertz CT molecular complexity index is 790. The third-order valence-corrected chi connectivity index (χ3v) is 6.81. The van der Waals surface area contributed by atoms with Gasteiger partial charge in [0.2, 0.25) is 11.8 Å². The molecule has 0 bridgehead atoms. The zero-order valence-corrected chi connectivity index (χ0v) is 15.5. The van der Waals surface area contributed by atoms with Gasteiger partial charge in [-0.05, 0) is 38.0 Å². The third-order valence-electron chi connectivity index (χ3n) is 5.06. The molecular weight excluding hydrogens is 340 g/mol. The van der Waals surface area contributed by atoms with Crippen molar-refractivity contribution in [1.82, 2.24) is 4.90 Å². The van der Waals surface area contributed by atoms with Crippen molar-refractivity contribution < 1.29 is 18.0 Å². The molecule has 1 aromatic rings. The van der Waals surface area contributed by atoms with Crippen molar-refractivity contribution >= 4 is 27.3 Å². The Labute approximate surface area is 148 Å². The summed E-state index contributed by atoms with van der Waals surface area (Å²) in [4.78, 5) is 28.6. The van der Waals surface area contributed by atoms with Crippen molar-refractivity contribution in [3.05, 3.63) is 29.8 Å². The summed E-state index contributed by atoms with van der Waals surface area (Å²) in [6, 6.07) is 7.41. The number of sulfone groups is 1. The Morgan fingerprint density at radius 3 is 2.72 bits per heavy atom. The van der Waals surface area contributed by atoms with Crippen molar-refractivity contribution in [2.75, 3.05) is 29.5 Å². The number of rotatable bonds is 4. The van der Waals surface area contributed by atoms with Gasteiger partial charge in [-0.15, -0.1) is 0 Å². The van der Waals surface area contributed by atoms with Gasteiger partial charge < -0.3 is 9.80 Å². The van der Waals surface area contributed by atoms with E-state index in [1.165, 1.54) is 0 Å². The molecule has 2 saturated heterocycles. The maximum atomic E-state index is 12.9. The molecule has 2 heterocycles. The monoisotopic (exact) mass is 364 g/mol. The first-order valence-corrected chi connectivity index (χ1v) is 10.5. The fraction of sp³-hybridized carbons (Fsp3) is 0.556. The first kappa shape index (κ1) is 17.9. The lowest BCUT2D eigenvalue weighted by molar-refractivity contribution is -0.137. The van der Waals surface area contributed by atoms with Gasteiger partial charge in [-0.25, -0.2) is 8.42 Å². The summed E-state index contributed by atoms with van der Waals surface area (Å²) in [7, 11) is -3.05. The van der Waals surface area contributed by atoms with E-state index >= 15 is 0 Å². The van der Waals surface area contributed by atoms with Crippen LogP contribution in [-0.2, 0) is 19.4 Å². The normalized spacial score (nSPS) is 25.4.